The fourth-order valence-electron chi connectivity index (χ4n) is 4.42. The van der Waals surface area contributed by atoms with Crippen molar-refractivity contribution in [3.63, 3.8) is 0 Å². The zero-order chi connectivity index (χ0) is 19.7. The van der Waals surface area contributed by atoms with Gasteiger partial charge >= 0.3 is 0 Å². The maximum Gasteiger partial charge on any atom is 0.248 e. The molecule has 0 bridgehead atoms. The molecule has 152 valence electrons. The van der Waals surface area contributed by atoms with Gasteiger partial charge in [0.2, 0.25) is 5.91 Å². The molecule has 1 aromatic carbocycles. The van der Waals surface area contributed by atoms with Crippen LogP contribution in [0, 0.1) is 5.92 Å². The monoisotopic (exact) mass is 440 g/mol. The van der Waals surface area contributed by atoms with Gasteiger partial charge < -0.3 is 4.90 Å². The SMILES string of the molecule is O=C(CCC1CCCC1)N=C1SC2CS(=O)(=O)CC2N1Cc1ccccc1Cl. The van der Waals surface area contributed by atoms with Gasteiger partial charge in [0.15, 0.2) is 15.0 Å². The molecule has 1 amide bonds. The third-order valence-corrected chi connectivity index (χ3v) is 9.55. The Labute approximate surface area is 175 Å². The lowest BCUT2D eigenvalue weighted by molar-refractivity contribution is -0.118. The molecule has 3 fully saturated rings. The van der Waals surface area contributed by atoms with Gasteiger partial charge in [-0.2, -0.15) is 4.99 Å². The topological polar surface area (TPSA) is 66.8 Å². The van der Waals surface area contributed by atoms with Gasteiger partial charge in [-0.15, -0.1) is 0 Å². The Balaban J connectivity index is 1.51. The van der Waals surface area contributed by atoms with Crippen LogP contribution in [0.1, 0.15) is 44.1 Å². The van der Waals surface area contributed by atoms with Crippen LogP contribution < -0.4 is 0 Å². The number of halogens is 1. The third-order valence-electron chi connectivity index (χ3n) is 5.93. The van der Waals surface area contributed by atoms with E-state index in [9.17, 15) is 13.2 Å². The van der Waals surface area contributed by atoms with Crippen LogP contribution in [0.15, 0.2) is 29.3 Å². The van der Waals surface area contributed by atoms with Crippen LogP contribution in [0.25, 0.3) is 0 Å². The molecule has 5 nitrogen and oxygen atoms in total. The van der Waals surface area contributed by atoms with E-state index in [1.54, 1.807) is 0 Å². The van der Waals surface area contributed by atoms with Crippen molar-refractivity contribution in [1.82, 2.24) is 4.90 Å². The minimum absolute atomic E-state index is 0.0612. The molecule has 0 aromatic heterocycles. The molecule has 1 saturated carbocycles. The lowest BCUT2D eigenvalue weighted by Gasteiger charge is -2.25. The average Bonchev–Trinajstić information content (AvgIpc) is 3.32. The van der Waals surface area contributed by atoms with E-state index in [1.807, 2.05) is 29.2 Å². The summed E-state index contributed by atoms with van der Waals surface area (Å²) in [5.41, 5.74) is 0.917. The van der Waals surface area contributed by atoms with Crippen LogP contribution in [0.5, 0.6) is 0 Å². The number of aliphatic imine (C=N–C) groups is 1. The van der Waals surface area contributed by atoms with E-state index in [2.05, 4.69) is 4.99 Å². The smallest absolute Gasteiger partial charge is 0.248 e. The average molecular weight is 441 g/mol. The van der Waals surface area contributed by atoms with E-state index in [0.29, 0.717) is 29.1 Å². The van der Waals surface area contributed by atoms with Crippen molar-refractivity contribution in [3.05, 3.63) is 34.9 Å². The molecule has 3 aliphatic rings. The van der Waals surface area contributed by atoms with Gasteiger partial charge in [0.25, 0.3) is 0 Å². The summed E-state index contributed by atoms with van der Waals surface area (Å²) in [5.74, 6) is 0.826. The third kappa shape index (κ3) is 4.57. The van der Waals surface area contributed by atoms with Crippen molar-refractivity contribution in [1.29, 1.82) is 0 Å². The van der Waals surface area contributed by atoms with Gasteiger partial charge in [-0.05, 0) is 24.0 Å². The largest absolute Gasteiger partial charge is 0.342 e. The summed E-state index contributed by atoms with van der Waals surface area (Å²) >= 11 is 7.75. The lowest BCUT2D eigenvalue weighted by Crippen LogP contribution is -2.37. The number of benzene rings is 1. The molecule has 2 atom stereocenters. The molecular weight excluding hydrogens is 416 g/mol. The lowest BCUT2D eigenvalue weighted by atomic mass is 10.0. The number of carbonyl (C=O) groups is 1. The predicted molar refractivity (Wildman–Crippen MR) is 114 cm³/mol. The number of sulfone groups is 1. The van der Waals surface area contributed by atoms with Crippen molar-refractivity contribution >= 4 is 44.3 Å². The Kier molecular flexibility index (Phi) is 6.04. The van der Waals surface area contributed by atoms with Crippen LogP contribution in [-0.4, -0.2) is 47.2 Å². The molecule has 0 N–H and O–H groups in total. The predicted octanol–water partition coefficient (Wildman–Crippen LogP) is 3.91. The fraction of sp³-hybridized carbons (Fsp3) is 0.600. The van der Waals surface area contributed by atoms with Gasteiger partial charge in [0.05, 0.1) is 17.5 Å². The van der Waals surface area contributed by atoms with Gasteiger partial charge in [0.1, 0.15) is 0 Å². The summed E-state index contributed by atoms with van der Waals surface area (Å²) in [6.07, 6.45) is 6.37. The van der Waals surface area contributed by atoms with Crippen molar-refractivity contribution in [3.8, 4) is 0 Å². The Hall–Kier alpha value is -1.05. The summed E-state index contributed by atoms with van der Waals surface area (Å²) in [6, 6.07) is 7.40. The number of hydrogen-bond donors (Lipinski definition) is 0. The minimum Gasteiger partial charge on any atom is -0.342 e. The zero-order valence-corrected chi connectivity index (χ0v) is 18.1. The number of amides is 1. The summed E-state index contributed by atoms with van der Waals surface area (Å²) in [5, 5.41) is 1.24. The molecule has 0 spiro atoms. The molecule has 2 unspecified atom stereocenters. The summed E-state index contributed by atoms with van der Waals surface area (Å²) in [7, 11) is -3.05. The highest BCUT2D eigenvalue weighted by molar-refractivity contribution is 8.15. The molecule has 2 aliphatic heterocycles. The normalized spacial score (nSPS) is 28.2. The van der Waals surface area contributed by atoms with Gasteiger partial charge in [-0.3, -0.25) is 4.79 Å². The van der Waals surface area contributed by atoms with E-state index >= 15 is 0 Å². The first kappa shape index (κ1) is 20.2. The van der Waals surface area contributed by atoms with E-state index in [1.165, 1.54) is 37.4 Å². The summed E-state index contributed by atoms with van der Waals surface area (Å²) in [4.78, 5) is 18.9. The molecule has 28 heavy (non-hydrogen) atoms. The molecule has 1 aliphatic carbocycles. The number of rotatable bonds is 5. The second-order valence-corrected chi connectivity index (χ2v) is 11.8. The van der Waals surface area contributed by atoms with E-state index in [4.69, 9.17) is 11.6 Å². The highest BCUT2D eigenvalue weighted by Crippen LogP contribution is 2.39. The van der Waals surface area contributed by atoms with E-state index < -0.39 is 9.84 Å². The number of thioether (sulfide) groups is 1. The Morgan fingerprint density at radius 3 is 2.71 bits per heavy atom. The van der Waals surface area contributed by atoms with Gasteiger partial charge in [-0.25, -0.2) is 8.42 Å². The number of fused-ring (bicyclic) bond motifs is 1. The molecule has 2 saturated heterocycles. The van der Waals surface area contributed by atoms with Crippen LogP contribution in [0.3, 0.4) is 0 Å². The Morgan fingerprint density at radius 1 is 1.21 bits per heavy atom. The van der Waals surface area contributed by atoms with Crippen molar-refractivity contribution in [2.45, 2.75) is 56.4 Å². The molecule has 0 radical (unpaired) electrons. The van der Waals surface area contributed by atoms with E-state index in [-0.39, 0.29) is 28.7 Å². The quantitative estimate of drug-likeness (QED) is 0.694. The summed E-state index contributed by atoms with van der Waals surface area (Å²) < 4.78 is 24.2. The number of amidine groups is 1. The first-order valence-corrected chi connectivity index (χ1v) is 13.0. The van der Waals surface area contributed by atoms with Crippen LogP contribution >= 0.6 is 23.4 Å². The standard InChI is InChI=1S/C20H25ClN2O3S2/c21-16-8-4-3-7-15(16)11-23-17-12-28(25,26)13-18(17)27-20(23)22-19(24)10-9-14-5-1-2-6-14/h3-4,7-8,14,17-18H,1-2,5-6,9-13H2. The highest BCUT2D eigenvalue weighted by Gasteiger charge is 2.48. The Bertz CT molecular complexity index is 881. The molecule has 2 heterocycles. The second kappa shape index (κ2) is 8.36. The number of nitrogens with zero attached hydrogens (tertiary/aromatic N) is 2. The highest BCUT2D eigenvalue weighted by atomic mass is 35.5. The minimum atomic E-state index is -3.05. The van der Waals surface area contributed by atoms with Crippen LogP contribution in [-0.2, 0) is 21.2 Å². The number of hydrogen-bond acceptors (Lipinski definition) is 4. The number of carbonyl (C=O) groups excluding carboxylic acids is 1. The molecule has 8 heteroatoms. The van der Waals surface area contributed by atoms with Crippen molar-refractivity contribution in [2.75, 3.05) is 11.5 Å². The maximum atomic E-state index is 12.5. The summed E-state index contributed by atoms with van der Waals surface area (Å²) in [6.45, 7) is 0.470. The first-order chi connectivity index (χ1) is 13.4. The zero-order valence-electron chi connectivity index (χ0n) is 15.7. The van der Waals surface area contributed by atoms with E-state index in [0.717, 1.165) is 12.0 Å². The van der Waals surface area contributed by atoms with Crippen LogP contribution in [0.4, 0.5) is 0 Å². The molecular formula is C20H25ClN2O3S2. The molecule has 4 rings (SSSR count). The van der Waals surface area contributed by atoms with Crippen molar-refractivity contribution < 1.29 is 13.2 Å². The van der Waals surface area contributed by atoms with Crippen LogP contribution in [0.2, 0.25) is 5.02 Å². The van der Waals surface area contributed by atoms with Gasteiger partial charge in [-0.1, -0.05) is 67.2 Å². The van der Waals surface area contributed by atoms with Crippen molar-refractivity contribution in [2.24, 2.45) is 10.9 Å². The Morgan fingerprint density at radius 2 is 1.96 bits per heavy atom. The second-order valence-electron chi connectivity index (χ2n) is 8.00. The molecule has 1 aromatic rings. The van der Waals surface area contributed by atoms with Gasteiger partial charge in [0, 0.05) is 23.2 Å². The fourth-order valence-corrected chi connectivity index (χ4v) is 8.58. The maximum absolute atomic E-state index is 12.5. The first-order valence-electron chi connectivity index (χ1n) is 9.90.